The van der Waals surface area contributed by atoms with Gasteiger partial charge in [0.2, 0.25) is 0 Å². The van der Waals surface area contributed by atoms with Gasteiger partial charge in [-0.2, -0.15) is 13.7 Å². The largest absolute Gasteiger partial charge is 0.379 e. The van der Waals surface area contributed by atoms with E-state index in [4.69, 9.17) is 9.44 Å². The Kier molecular flexibility index (Phi) is 4.32. The summed E-state index contributed by atoms with van der Waals surface area (Å²) >= 11 is 0. The third-order valence-electron chi connectivity index (χ3n) is 3.41. The molecule has 3 aromatic rings. The van der Waals surface area contributed by atoms with E-state index in [1.54, 1.807) is 30.3 Å². The third kappa shape index (κ3) is 3.29. The maximum absolute atomic E-state index is 12.7. The van der Waals surface area contributed by atoms with Crippen LogP contribution in [-0.2, 0) is 10.1 Å². The summed E-state index contributed by atoms with van der Waals surface area (Å²) in [7, 11) is -4.03. The van der Waals surface area contributed by atoms with Crippen LogP contribution in [0.15, 0.2) is 83.8 Å². The number of nitriles is 1. The summed E-state index contributed by atoms with van der Waals surface area (Å²) in [4.78, 5) is 0.0820. The Hall–Kier alpha value is -3.10. The smallest absolute Gasteiger partial charge is 0.339 e. The molecule has 0 saturated carbocycles. The molecule has 0 saturated heterocycles. The lowest BCUT2D eigenvalue weighted by Gasteiger charge is -2.11. The van der Waals surface area contributed by atoms with Crippen LogP contribution in [0.4, 0.5) is 0 Å². The van der Waals surface area contributed by atoms with E-state index in [9.17, 15) is 8.42 Å². The maximum Gasteiger partial charge on any atom is 0.339 e. The molecule has 0 aromatic heterocycles. The van der Waals surface area contributed by atoms with Gasteiger partial charge in [0.25, 0.3) is 0 Å². The minimum absolute atomic E-state index is 0.0820. The molecule has 0 bridgehead atoms. The van der Waals surface area contributed by atoms with E-state index >= 15 is 0 Å². The van der Waals surface area contributed by atoms with E-state index in [0.717, 1.165) is 5.56 Å². The minimum atomic E-state index is -4.03. The van der Waals surface area contributed by atoms with Crippen LogP contribution in [0.25, 0.3) is 11.1 Å². The van der Waals surface area contributed by atoms with Crippen molar-refractivity contribution in [2.75, 3.05) is 0 Å². The molecule has 0 radical (unpaired) electrons. The highest BCUT2D eigenvalue weighted by atomic mass is 32.2. The molecule has 4 nitrogen and oxygen atoms in total. The number of hydrogen-bond acceptors (Lipinski definition) is 4. The first kappa shape index (κ1) is 15.8. The molecule has 0 amide bonds. The van der Waals surface area contributed by atoms with E-state index in [1.165, 1.54) is 18.2 Å². The second-order valence-electron chi connectivity index (χ2n) is 5.04. The topological polar surface area (TPSA) is 67.2 Å². The zero-order valence-corrected chi connectivity index (χ0v) is 13.4. The van der Waals surface area contributed by atoms with Crippen LogP contribution < -0.4 is 4.18 Å². The van der Waals surface area contributed by atoms with Crippen LogP contribution in [0.3, 0.4) is 0 Å². The molecular weight excluding hydrogens is 322 g/mol. The predicted molar refractivity (Wildman–Crippen MR) is 90.8 cm³/mol. The summed E-state index contributed by atoms with van der Waals surface area (Å²) in [6.45, 7) is 0. The zero-order valence-electron chi connectivity index (χ0n) is 12.6. The van der Waals surface area contributed by atoms with Crippen molar-refractivity contribution in [3.8, 4) is 22.9 Å². The highest BCUT2D eigenvalue weighted by Gasteiger charge is 2.21. The van der Waals surface area contributed by atoms with Crippen molar-refractivity contribution < 1.29 is 12.6 Å². The van der Waals surface area contributed by atoms with Crippen molar-refractivity contribution in [3.05, 3.63) is 84.4 Å². The predicted octanol–water partition coefficient (Wildman–Crippen LogP) is 3.99. The molecular formula is C19H13NO3S. The second kappa shape index (κ2) is 6.57. The van der Waals surface area contributed by atoms with Gasteiger partial charge in [0.05, 0.1) is 11.6 Å². The average molecular weight is 335 g/mol. The number of benzene rings is 3. The Bertz CT molecular complexity index is 1010. The summed E-state index contributed by atoms with van der Waals surface area (Å²) in [5, 5.41) is 8.92. The zero-order chi connectivity index (χ0) is 17.0. The monoisotopic (exact) mass is 335 g/mol. The molecule has 0 heterocycles. The second-order valence-corrected chi connectivity index (χ2v) is 6.55. The van der Waals surface area contributed by atoms with Crippen LogP contribution in [-0.4, -0.2) is 8.42 Å². The fourth-order valence-electron chi connectivity index (χ4n) is 2.33. The molecule has 3 aromatic carbocycles. The van der Waals surface area contributed by atoms with Gasteiger partial charge < -0.3 is 4.18 Å². The average Bonchev–Trinajstić information content (AvgIpc) is 2.62. The molecule has 0 spiro atoms. The minimum Gasteiger partial charge on any atom is -0.379 e. The van der Waals surface area contributed by atoms with Crippen molar-refractivity contribution in [3.63, 3.8) is 0 Å². The number of hydrogen-bond donors (Lipinski definition) is 0. The van der Waals surface area contributed by atoms with Gasteiger partial charge in [-0.05, 0) is 29.8 Å². The quantitative estimate of drug-likeness (QED) is 0.676. The fraction of sp³-hybridized carbons (Fsp3) is 0. The normalized spacial score (nSPS) is 10.8. The summed E-state index contributed by atoms with van der Waals surface area (Å²) < 4.78 is 30.6. The first-order valence-electron chi connectivity index (χ1n) is 7.19. The van der Waals surface area contributed by atoms with Crippen LogP contribution in [0, 0.1) is 11.3 Å². The van der Waals surface area contributed by atoms with Crippen molar-refractivity contribution in [2.24, 2.45) is 0 Å². The SMILES string of the molecule is N#Cc1cccc(OS(=O)(=O)c2ccccc2-c2ccccc2)c1. The van der Waals surface area contributed by atoms with Gasteiger partial charge in [0.1, 0.15) is 10.6 Å². The van der Waals surface area contributed by atoms with Crippen LogP contribution in [0.5, 0.6) is 5.75 Å². The van der Waals surface area contributed by atoms with Gasteiger partial charge in [-0.3, -0.25) is 0 Å². The standard InChI is InChI=1S/C19H13NO3S/c20-14-15-7-6-10-17(13-15)23-24(21,22)19-12-5-4-11-18(19)16-8-2-1-3-9-16/h1-13H. The van der Waals surface area contributed by atoms with E-state index in [-0.39, 0.29) is 10.6 Å². The van der Waals surface area contributed by atoms with Gasteiger partial charge in [-0.25, -0.2) is 0 Å². The van der Waals surface area contributed by atoms with E-state index in [1.807, 2.05) is 36.4 Å². The van der Waals surface area contributed by atoms with E-state index in [2.05, 4.69) is 0 Å². The van der Waals surface area contributed by atoms with Gasteiger partial charge in [-0.1, -0.05) is 54.6 Å². The van der Waals surface area contributed by atoms with Crippen molar-refractivity contribution in [2.45, 2.75) is 4.90 Å². The molecule has 0 fully saturated rings. The number of rotatable bonds is 4. The third-order valence-corrected chi connectivity index (χ3v) is 4.72. The van der Waals surface area contributed by atoms with Crippen molar-refractivity contribution >= 4 is 10.1 Å². The molecule has 0 aliphatic carbocycles. The maximum atomic E-state index is 12.7. The molecule has 0 aliphatic heterocycles. The van der Waals surface area contributed by atoms with Gasteiger partial charge in [0.15, 0.2) is 0 Å². The highest BCUT2D eigenvalue weighted by Crippen LogP contribution is 2.29. The van der Waals surface area contributed by atoms with Crippen LogP contribution >= 0.6 is 0 Å². The Balaban J connectivity index is 2.03. The van der Waals surface area contributed by atoms with Crippen LogP contribution in [0.1, 0.15) is 5.56 Å². The van der Waals surface area contributed by atoms with Gasteiger partial charge >= 0.3 is 10.1 Å². The molecule has 0 unspecified atom stereocenters. The van der Waals surface area contributed by atoms with Gasteiger partial charge in [-0.15, -0.1) is 0 Å². The lowest BCUT2D eigenvalue weighted by Crippen LogP contribution is -2.11. The van der Waals surface area contributed by atoms with Crippen molar-refractivity contribution in [1.82, 2.24) is 0 Å². The molecule has 0 atom stereocenters. The Morgan fingerprint density at radius 2 is 1.54 bits per heavy atom. The lowest BCUT2D eigenvalue weighted by atomic mass is 10.1. The van der Waals surface area contributed by atoms with Gasteiger partial charge in [0, 0.05) is 5.56 Å². The first-order valence-corrected chi connectivity index (χ1v) is 8.60. The molecule has 0 aliphatic rings. The van der Waals surface area contributed by atoms with E-state index < -0.39 is 10.1 Å². The molecule has 0 N–H and O–H groups in total. The summed E-state index contributed by atoms with van der Waals surface area (Å²) in [5.41, 5.74) is 1.68. The fourth-order valence-corrected chi connectivity index (χ4v) is 3.48. The summed E-state index contributed by atoms with van der Waals surface area (Å²) in [6, 6.07) is 23.9. The van der Waals surface area contributed by atoms with Crippen molar-refractivity contribution in [1.29, 1.82) is 5.26 Å². The Morgan fingerprint density at radius 1 is 0.833 bits per heavy atom. The Labute approximate surface area is 140 Å². The van der Waals surface area contributed by atoms with E-state index in [0.29, 0.717) is 11.1 Å². The molecule has 5 heteroatoms. The highest BCUT2D eigenvalue weighted by molar-refractivity contribution is 7.87. The molecule has 24 heavy (non-hydrogen) atoms. The first-order chi connectivity index (χ1) is 11.6. The Morgan fingerprint density at radius 3 is 2.29 bits per heavy atom. The summed E-state index contributed by atoms with van der Waals surface area (Å²) in [5.74, 6) is 0.108. The number of nitrogens with zero attached hydrogens (tertiary/aromatic N) is 1. The molecule has 3 rings (SSSR count). The lowest BCUT2D eigenvalue weighted by molar-refractivity contribution is 0.486. The van der Waals surface area contributed by atoms with Crippen LogP contribution in [0.2, 0.25) is 0 Å². The summed E-state index contributed by atoms with van der Waals surface area (Å²) in [6.07, 6.45) is 0. The molecule has 118 valence electrons.